The molecule has 0 bridgehead atoms. The van der Waals surface area contributed by atoms with E-state index in [1.165, 1.54) is 0 Å². The largest absolute Gasteiger partial charge is 0.478 e. The van der Waals surface area contributed by atoms with Crippen molar-refractivity contribution in [2.75, 3.05) is 0 Å². The van der Waals surface area contributed by atoms with Crippen LogP contribution in [0.5, 0.6) is 0 Å². The first-order chi connectivity index (χ1) is 17.1. The van der Waals surface area contributed by atoms with Crippen molar-refractivity contribution in [3.05, 3.63) is 58.7 Å². The lowest BCUT2D eigenvalue weighted by molar-refractivity contribution is 0.0676. The summed E-state index contributed by atoms with van der Waals surface area (Å²) < 4.78 is 0. The van der Waals surface area contributed by atoms with Gasteiger partial charge < -0.3 is 20.4 Å². The molecule has 2 aromatic carbocycles. The zero-order valence-electron chi connectivity index (χ0n) is 17.5. The Balaban J connectivity index is 1.64. The summed E-state index contributed by atoms with van der Waals surface area (Å²) in [6, 6.07) is 6.55. The summed E-state index contributed by atoms with van der Waals surface area (Å²) in [6.07, 6.45) is 0. The monoisotopic (exact) mass is 490 g/mol. The molecule has 0 aliphatic rings. The summed E-state index contributed by atoms with van der Waals surface area (Å²) in [7, 11) is 0. The molecule has 0 radical (unpaired) electrons. The van der Waals surface area contributed by atoms with E-state index in [-0.39, 0.29) is 56.7 Å². The van der Waals surface area contributed by atoms with E-state index < -0.39 is 23.9 Å². The van der Waals surface area contributed by atoms with Gasteiger partial charge in [0.15, 0.2) is 0 Å². The van der Waals surface area contributed by atoms with Crippen LogP contribution in [0.15, 0.2) is 36.4 Å². The van der Waals surface area contributed by atoms with Gasteiger partial charge in [-0.25, -0.2) is 19.2 Å². The van der Waals surface area contributed by atoms with Crippen LogP contribution in [-0.2, 0) is 0 Å². The smallest absolute Gasteiger partial charge is 0.335 e. The normalized spacial score (nSPS) is 10.6. The third-order valence-electron chi connectivity index (χ3n) is 4.53. The molecule has 0 saturated heterocycles. The highest BCUT2D eigenvalue weighted by Gasteiger charge is 2.18. The number of nitrogens with zero attached hydrogens (tertiary/aromatic N) is 8. The summed E-state index contributed by atoms with van der Waals surface area (Å²) in [4.78, 5) is 45.1. The minimum atomic E-state index is -1.35. The Morgan fingerprint density at radius 3 is 0.833 bits per heavy atom. The Morgan fingerprint density at radius 1 is 0.389 bits per heavy atom. The number of aromatic carboxylic acids is 4. The number of carbonyl (C=O) groups is 4. The highest BCUT2D eigenvalue weighted by molar-refractivity contribution is 5.96. The molecule has 16 nitrogen and oxygen atoms in total. The molecule has 0 fully saturated rings. The summed E-state index contributed by atoms with van der Waals surface area (Å²) in [5.74, 6) is -6.23. The van der Waals surface area contributed by atoms with Gasteiger partial charge in [0.2, 0.25) is 23.3 Å². The molecule has 178 valence electrons. The van der Waals surface area contributed by atoms with Crippen molar-refractivity contribution < 1.29 is 39.6 Å². The predicted molar refractivity (Wildman–Crippen MR) is 113 cm³/mol. The predicted octanol–water partition coefficient (Wildman–Crippen LogP) is 0.640. The fourth-order valence-corrected chi connectivity index (χ4v) is 2.88. The number of hydrogen-bond acceptors (Lipinski definition) is 12. The van der Waals surface area contributed by atoms with Crippen molar-refractivity contribution in [1.29, 1.82) is 0 Å². The minimum absolute atomic E-state index is 0.0407. The van der Waals surface area contributed by atoms with E-state index in [4.69, 9.17) is 0 Å². The van der Waals surface area contributed by atoms with Crippen LogP contribution in [0.2, 0.25) is 0 Å². The van der Waals surface area contributed by atoms with Gasteiger partial charge >= 0.3 is 23.9 Å². The van der Waals surface area contributed by atoms with Gasteiger partial charge in [-0.1, -0.05) is 0 Å². The van der Waals surface area contributed by atoms with E-state index in [0.717, 1.165) is 36.4 Å². The fraction of sp³-hybridized carbons (Fsp3) is 0. The van der Waals surface area contributed by atoms with Gasteiger partial charge in [0, 0.05) is 11.1 Å². The van der Waals surface area contributed by atoms with Crippen LogP contribution in [0.3, 0.4) is 0 Å². The molecule has 2 aromatic heterocycles. The molecule has 4 N–H and O–H groups in total. The zero-order valence-corrected chi connectivity index (χ0v) is 17.5. The second-order valence-electron chi connectivity index (χ2n) is 6.91. The van der Waals surface area contributed by atoms with Crippen LogP contribution in [0, 0.1) is 0 Å². The van der Waals surface area contributed by atoms with E-state index >= 15 is 0 Å². The molecule has 16 heteroatoms. The maximum Gasteiger partial charge on any atom is 0.335 e. The van der Waals surface area contributed by atoms with Gasteiger partial charge in [-0.3, -0.25) is 0 Å². The second-order valence-corrected chi connectivity index (χ2v) is 6.91. The van der Waals surface area contributed by atoms with Gasteiger partial charge in [-0.05, 0) is 36.4 Å². The van der Waals surface area contributed by atoms with E-state index in [0.29, 0.717) is 0 Å². The van der Waals surface area contributed by atoms with Crippen LogP contribution in [0.1, 0.15) is 41.4 Å². The quantitative estimate of drug-likeness (QED) is 0.277. The first-order valence-electron chi connectivity index (χ1n) is 9.51. The lowest BCUT2D eigenvalue weighted by atomic mass is 10.1. The van der Waals surface area contributed by atoms with Crippen molar-refractivity contribution in [3.63, 3.8) is 0 Å². The van der Waals surface area contributed by atoms with Crippen LogP contribution < -0.4 is 0 Å². The van der Waals surface area contributed by atoms with Crippen LogP contribution in [0.25, 0.3) is 34.4 Å². The molecular weight excluding hydrogens is 480 g/mol. The average molecular weight is 490 g/mol. The molecule has 0 atom stereocenters. The van der Waals surface area contributed by atoms with Crippen LogP contribution in [0.4, 0.5) is 0 Å². The minimum Gasteiger partial charge on any atom is -0.478 e. The lowest BCUT2D eigenvalue weighted by Crippen LogP contribution is -2.07. The first kappa shape index (κ1) is 23.4. The number of benzene rings is 2. The number of carboxylic acid groups (broad SMARTS) is 4. The molecular formula is C20H10N8O8. The van der Waals surface area contributed by atoms with Crippen LogP contribution >= 0.6 is 0 Å². The van der Waals surface area contributed by atoms with Crippen molar-refractivity contribution in [2.45, 2.75) is 0 Å². The number of hydrogen-bond donors (Lipinski definition) is 4. The van der Waals surface area contributed by atoms with Crippen molar-refractivity contribution in [1.82, 2.24) is 40.8 Å². The summed E-state index contributed by atoms with van der Waals surface area (Å²) >= 11 is 0. The standard InChI is InChI=1S/C20H10N8O8/c29-17(30)9-1-7(2-10(5-9)18(31)32)13-21-25-15(26-22-13)16-27-23-14(24-28-16)8-3-11(19(33)34)6-12(4-8)20(35)36/h1-6H,(H,29,30)(H,31,32)(H,33,34)(H,35,36). The molecule has 0 spiro atoms. The molecule has 4 rings (SSSR count). The Kier molecular flexibility index (Phi) is 5.98. The van der Waals surface area contributed by atoms with E-state index in [1.807, 2.05) is 0 Å². The molecule has 0 aliphatic carbocycles. The highest BCUT2D eigenvalue weighted by atomic mass is 16.4. The fourth-order valence-electron chi connectivity index (χ4n) is 2.88. The highest BCUT2D eigenvalue weighted by Crippen LogP contribution is 2.21. The number of rotatable bonds is 7. The molecule has 36 heavy (non-hydrogen) atoms. The Hall–Kier alpha value is -5.80. The number of carboxylic acids is 4. The van der Waals surface area contributed by atoms with Gasteiger partial charge in [-0.15, -0.1) is 40.8 Å². The third kappa shape index (κ3) is 4.76. The molecule has 2 heterocycles. The topological polar surface area (TPSA) is 252 Å². The second kappa shape index (κ2) is 9.21. The molecule has 0 unspecified atom stereocenters. The van der Waals surface area contributed by atoms with Crippen molar-refractivity contribution in [2.24, 2.45) is 0 Å². The summed E-state index contributed by atoms with van der Waals surface area (Å²) in [5.41, 5.74) is -1.13. The lowest BCUT2D eigenvalue weighted by Gasteiger charge is -2.05. The SMILES string of the molecule is O=C(O)c1cc(C(=O)O)cc(-c2nnc(-c3nnc(-c4cc(C(=O)O)cc(C(=O)O)c4)nn3)nn2)c1. The summed E-state index contributed by atoms with van der Waals surface area (Å²) in [5, 5.41) is 67.0. The van der Waals surface area contributed by atoms with Gasteiger partial charge in [0.1, 0.15) is 0 Å². The molecule has 0 saturated carbocycles. The summed E-state index contributed by atoms with van der Waals surface area (Å²) in [6.45, 7) is 0. The zero-order chi connectivity index (χ0) is 26.0. The van der Waals surface area contributed by atoms with E-state index in [1.54, 1.807) is 0 Å². The first-order valence-corrected chi connectivity index (χ1v) is 9.51. The van der Waals surface area contributed by atoms with Gasteiger partial charge in [0.05, 0.1) is 22.3 Å². The maximum absolute atomic E-state index is 11.3. The van der Waals surface area contributed by atoms with E-state index in [2.05, 4.69) is 40.8 Å². The maximum atomic E-state index is 11.3. The molecule has 4 aromatic rings. The van der Waals surface area contributed by atoms with Gasteiger partial charge in [0.25, 0.3) is 0 Å². The van der Waals surface area contributed by atoms with Crippen LogP contribution in [-0.4, -0.2) is 85.1 Å². The Labute approximate surface area is 198 Å². The Morgan fingerprint density at radius 2 is 0.611 bits per heavy atom. The average Bonchev–Trinajstić information content (AvgIpc) is 2.88. The molecule has 0 amide bonds. The molecule has 0 aliphatic heterocycles. The van der Waals surface area contributed by atoms with E-state index in [9.17, 15) is 39.6 Å². The third-order valence-corrected chi connectivity index (χ3v) is 4.53. The van der Waals surface area contributed by atoms with Gasteiger partial charge in [-0.2, -0.15) is 0 Å². The Bertz CT molecular complexity index is 1360. The van der Waals surface area contributed by atoms with Crippen molar-refractivity contribution >= 4 is 23.9 Å². The van der Waals surface area contributed by atoms with Crippen molar-refractivity contribution in [3.8, 4) is 34.4 Å². The number of aromatic nitrogens is 8.